The van der Waals surface area contributed by atoms with E-state index >= 15 is 0 Å². The molecule has 1 N–H and O–H groups in total. The topological polar surface area (TPSA) is 12.0 Å². The van der Waals surface area contributed by atoms with E-state index in [4.69, 9.17) is 0 Å². The third-order valence-corrected chi connectivity index (χ3v) is 2.30. The standard InChI is InChI=1S/C12H15F4N.C2H6/c1-2-17-4-3-12(15,16)8-9-5-10(13)7-11(14)6-9;1-2/h5-7,17H,2-4,8H2,1H3;1-2H3. The Balaban J connectivity index is 0.00000154. The third-order valence-electron chi connectivity index (χ3n) is 2.30. The highest BCUT2D eigenvalue weighted by molar-refractivity contribution is 5.19. The van der Waals surface area contributed by atoms with Crippen molar-refractivity contribution in [3.8, 4) is 0 Å². The van der Waals surface area contributed by atoms with Gasteiger partial charge in [0.25, 0.3) is 5.92 Å². The highest BCUT2D eigenvalue weighted by Gasteiger charge is 2.28. The van der Waals surface area contributed by atoms with Crippen LogP contribution in [0, 0.1) is 11.6 Å². The number of alkyl halides is 2. The van der Waals surface area contributed by atoms with E-state index in [0.717, 1.165) is 12.1 Å². The minimum Gasteiger partial charge on any atom is -0.317 e. The maximum atomic E-state index is 13.4. The average Bonchev–Trinajstić information content (AvgIpc) is 2.29. The van der Waals surface area contributed by atoms with Crippen LogP contribution < -0.4 is 5.32 Å². The molecule has 19 heavy (non-hydrogen) atoms. The number of benzene rings is 1. The summed E-state index contributed by atoms with van der Waals surface area (Å²) in [5.41, 5.74) is -0.0241. The van der Waals surface area contributed by atoms with Gasteiger partial charge in [-0.1, -0.05) is 20.8 Å². The summed E-state index contributed by atoms with van der Waals surface area (Å²) in [5.74, 6) is -4.62. The van der Waals surface area contributed by atoms with E-state index in [2.05, 4.69) is 5.32 Å². The van der Waals surface area contributed by atoms with Crippen LogP contribution in [0.4, 0.5) is 17.6 Å². The molecule has 0 heterocycles. The summed E-state index contributed by atoms with van der Waals surface area (Å²) in [4.78, 5) is 0. The van der Waals surface area contributed by atoms with Crippen molar-refractivity contribution < 1.29 is 17.6 Å². The molecular formula is C14H21F4N. The lowest BCUT2D eigenvalue weighted by atomic mass is 10.0. The fraction of sp³-hybridized carbons (Fsp3) is 0.571. The first-order chi connectivity index (χ1) is 8.93. The van der Waals surface area contributed by atoms with Crippen molar-refractivity contribution in [2.75, 3.05) is 13.1 Å². The summed E-state index contributed by atoms with van der Waals surface area (Å²) in [5, 5.41) is 2.78. The van der Waals surface area contributed by atoms with Gasteiger partial charge in [0.1, 0.15) is 11.6 Å². The Hall–Kier alpha value is -1.10. The maximum absolute atomic E-state index is 13.4. The first-order valence-electron chi connectivity index (χ1n) is 6.46. The molecule has 0 radical (unpaired) electrons. The van der Waals surface area contributed by atoms with Crippen molar-refractivity contribution in [2.24, 2.45) is 0 Å². The molecule has 1 aromatic rings. The SMILES string of the molecule is CC.CCNCCC(F)(F)Cc1cc(F)cc(F)c1. The van der Waals surface area contributed by atoms with E-state index in [9.17, 15) is 17.6 Å². The van der Waals surface area contributed by atoms with Crippen LogP contribution >= 0.6 is 0 Å². The molecule has 0 aliphatic carbocycles. The number of rotatable bonds is 6. The number of nitrogens with one attached hydrogen (secondary N) is 1. The maximum Gasteiger partial charge on any atom is 0.253 e. The molecule has 1 nitrogen and oxygen atoms in total. The van der Waals surface area contributed by atoms with Crippen LogP contribution in [-0.2, 0) is 6.42 Å². The Kier molecular flexibility index (Phi) is 8.39. The van der Waals surface area contributed by atoms with Crippen LogP contribution in [0.15, 0.2) is 18.2 Å². The molecule has 110 valence electrons. The molecular weight excluding hydrogens is 258 g/mol. The molecule has 0 unspecified atom stereocenters. The predicted octanol–water partition coefficient (Wildman–Crippen LogP) is 4.17. The van der Waals surface area contributed by atoms with Crippen LogP contribution in [0.3, 0.4) is 0 Å². The van der Waals surface area contributed by atoms with E-state index in [1.165, 1.54) is 0 Å². The molecule has 0 bridgehead atoms. The molecule has 0 saturated carbocycles. The Morgan fingerprint density at radius 3 is 2.05 bits per heavy atom. The molecule has 0 atom stereocenters. The van der Waals surface area contributed by atoms with Crippen molar-refractivity contribution in [1.82, 2.24) is 5.32 Å². The Bertz CT molecular complexity index is 346. The van der Waals surface area contributed by atoms with Gasteiger partial charge in [0.2, 0.25) is 0 Å². The van der Waals surface area contributed by atoms with E-state index in [1.807, 2.05) is 20.8 Å². The quantitative estimate of drug-likeness (QED) is 0.609. The number of hydrogen-bond donors (Lipinski definition) is 1. The van der Waals surface area contributed by atoms with E-state index in [0.29, 0.717) is 12.6 Å². The lowest BCUT2D eigenvalue weighted by Gasteiger charge is -2.16. The number of halogens is 4. The van der Waals surface area contributed by atoms with Crippen LogP contribution in [0.5, 0.6) is 0 Å². The normalized spacial score (nSPS) is 10.9. The second-order valence-corrected chi connectivity index (χ2v) is 3.91. The fourth-order valence-corrected chi connectivity index (χ4v) is 1.55. The minimum absolute atomic E-state index is 0.0241. The fourth-order valence-electron chi connectivity index (χ4n) is 1.55. The lowest BCUT2D eigenvalue weighted by Crippen LogP contribution is -2.27. The van der Waals surface area contributed by atoms with Crippen molar-refractivity contribution in [1.29, 1.82) is 0 Å². The van der Waals surface area contributed by atoms with Gasteiger partial charge >= 0.3 is 0 Å². The predicted molar refractivity (Wildman–Crippen MR) is 69.5 cm³/mol. The second-order valence-electron chi connectivity index (χ2n) is 3.91. The largest absolute Gasteiger partial charge is 0.317 e. The summed E-state index contributed by atoms with van der Waals surface area (Å²) in [6.07, 6.45) is -0.994. The molecule has 0 amide bonds. The van der Waals surface area contributed by atoms with Gasteiger partial charge in [-0.2, -0.15) is 0 Å². The lowest BCUT2D eigenvalue weighted by molar-refractivity contribution is -0.00650. The van der Waals surface area contributed by atoms with Gasteiger partial charge in [-0.05, 0) is 24.2 Å². The zero-order chi connectivity index (χ0) is 14.9. The molecule has 0 aliphatic heterocycles. The van der Waals surface area contributed by atoms with Crippen molar-refractivity contribution in [2.45, 2.75) is 39.5 Å². The van der Waals surface area contributed by atoms with E-state index in [1.54, 1.807) is 0 Å². The van der Waals surface area contributed by atoms with Crippen LogP contribution in [0.1, 0.15) is 32.8 Å². The van der Waals surface area contributed by atoms with Gasteiger partial charge in [-0.25, -0.2) is 17.6 Å². The monoisotopic (exact) mass is 279 g/mol. The molecule has 0 aliphatic rings. The summed E-state index contributed by atoms with van der Waals surface area (Å²) in [6.45, 7) is 6.62. The summed E-state index contributed by atoms with van der Waals surface area (Å²) in [6, 6.07) is 2.54. The van der Waals surface area contributed by atoms with Crippen LogP contribution in [-0.4, -0.2) is 19.0 Å². The third kappa shape index (κ3) is 7.82. The Morgan fingerprint density at radius 2 is 1.58 bits per heavy atom. The summed E-state index contributed by atoms with van der Waals surface area (Å²) in [7, 11) is 0. The van der Waals surface area contributed by atoms with Crippen molar-refractivity contribution in [3.05, 3.63) is 35.4 Å². The molecule has 5 heteroatoms. The zero-order valence-electron chi connectivity index (χ0n) is 11.6. The first kappa shape index (κ1) is 17.9. The Labute approximate surface area is 112 Å². The summed E-state index contributed by atoms with van der Waals surface area (Å²) < 4.78 is 52.4. The van der Waals surface area contributed by atoms with Crippen molar-refractivity contribution in [3.63, 3.8) is 0 Å². The van der Waals surface area contributed by atoms with Crippen LogP contribution in [0.2, 0.25) is 0 Å². The van der Waals surface area contributed by atoms with E-state index < -0.39 is 24.0 Å². The van der Waals surface area contributed by atoms with Gasteiger partial charge < -0.3 is 5.32 Å². The van der Waals surface area contributed by atoms with Crippen molar-refractivity contribution >= 4 is 0 Å². The van der Waals surface area contributed by atoms with Gasteiger partial charge in [0.15, 0.2) is 0 Å². The van der Waals surface area contributed by atoms with Gasteiger partial charge in [-0.15, -0.1) is 0 Å². The molecule has 0 aromatic heterocycles. The second kappa shape index (κ2) is 8.91. The van der Waals surface area contributed by atoms with Gasteiger partial charge in [0, 0.05) is 25.5 Å². The van der Waals surface area contributed by atoms with Gasteiger partial charge in [-0.3, -0.25) is 0 Å². The molecule has 0 fully saturated rings. The smallest absolute Gasteiger partial charge is 0.253 e. The number of hydrogen-bond acceptors (Lipinski definition) is 1. The highest BCUT2D eigenvalue weighted by Crippen LogP contribution is 2.24. The average molecular weight is 279 g/mol. The minimum atomic E-state index is -2.96. The molecule has 1 aromatic carbocycles. The molecule has 0 saturated heterocycles. The van der Waals surface area contributed by atoms with Crippen LogP contribution in [0.25, 0.3) is 0 Å². The molecule has 0 spiro atoms. The van der Waals surface area contributed by atoms with Gasteiger partial charge in [0.05, 0.1) is 0 Å². The first-order valence-corrected chi connectivity index (χ1v) is 6.46. The zero-order valence-corrected chi connectivity index (χ0v) is 11.6. The van der Waals surface area contributed by atoms with E-state index in [-0.39, 0.29) is 18.5 Å². The Morgan fingerprint density at radius 1 is 1.05 bits per heavy atom. The molecule has 1 rings (SSSR count). The summed E-state index contributed by atoms with van der Waals surface area (Å²) >= 11 is 0. The highest BCUT2D eigenvalue weighted by atomic mass is 19.3.